The molecule has 1 unspecified atom stereocenters. The van der Waals surface area contributed by atoms with Gasteiger partial charge >= 0.3 is 0 Å². The van der Waals surface area contributed by atoms with Crippen LogP contribution in [-0.4, -0.2) is 19.5 Å². The molecule has 0 aliphatic heterocycles. The second-order valence-electron chi connectivity index (χ2n) is 3.86. The van der Waals surface area contributed by atoms with Crippen molar-refractivity contribution in [1.29, 1.82) is 0 Å². The zero-order chi connectivity index (χ0) is 11.9. The Balaban J connectivity index is 1.87. The molecule has 2 nitrogen and oxygen atoms in total. The van der Waals surface area contributed by atoms with Crippen LogP contribution in [0.3, 0.4) is 0 Å². The van der Waals surface area contributed by atoms with Crippen molar-refractivity contribution in [3.05, 3.63) is 41.3 Å². The van der Waals surface area contributed by atoms with Gasteiger partial charge in [-0.2, -0.15) is 0 Å². The molecule has 1 atom stereocenters. The predicted octanol–water partition coefficient (Wildman–Crippen LogP) is 3.84. The highest BCUT2D eigenvalue weighted by atomic mass is 32.2. The fraction of sp³-hybridized carbons (Fsp3) is 0.429. The molecule has 1 aliphatic rings. The summed E-state index contributed by atoms with van der Waals surface area (Å²) in [5, 5.41) is 0. The second-order valence-corrected chi connectivity index (χ2v) is 5.01. The van der Waals surface area contributed by atoms with Gasteiger partial charge in [-0.3, -0.25) is 0 Å². The Morgan fingerprint density at radius 1 is 1.29 bits per heavy atom. The first-order valence-electron chi connectivity index (χ1n) is 6.02. The molecule has 0 fully saturated rings. The number of rotatable bonds is 6. The quantitative estimate of drug-likeness (QED) is 0.564. The summed E-state index contributed by atoms with van der Waals surface area (Å²) in [5.41, 5.74) is 0. The van der Waals surface area contributed by atoms with E-state index in [1.54, 1.807) is 11.8 Å². The van der Waals surface area contributed by atoms with Crippen molar-refractivity contribution in [2.45, 2.75) is 30.8 Å². The maximum atomic E-state index is 5.72. The maximum absolute atomic E-state index is 5.72. The van der Waals surface area contributed by atoms with Gasteiger partial charge < -0.3 is 9.47 Å². The summed E-state index contributed by atoms with van der Waals surface area (Å²) in [6.07, 6.45) is 4.66. The number of benzene rings is 1. The number of ether oxygens (including phenoxy) is 2. The van der Waals surface area contributed by atoms with Gasteiger partial charge in [-0.1, -0.05) is 36.0 Å². The van der Waals surface area contributed by atoms with Gasteiger partial charge in [-0.05, 0) is 31.9 Å². The van der Waals surface area contributed by atoms with E-state index < -0.39 is 0 Å². The van der Waals surface area contributed by atoms with E-state index in [4.69, 9.17) is 9.47 Å². The zero-order valence-electron chi connectivity index (χ0n) is 10.1. The molecule has 0 saturated carbocycles. The molecule has 0 heterocycles. The molecule has 0 bridgehead atoms. The number of allylic oxidation sites excluding steroid dienone is 1. The number of thioether (sulfide) groups is 1. The summed E-state index contributed by atoms with van der Waals surface area (Å²) in [4.78, 5) is 2.58. The summed E-state index contributed by atoms with van der Waals surface area (Å²) >= 11 is 1.80. The van der Waals surface area contributed by atoms with Crippen LogP contribution in [0, 0.1) is 0 Å². The van der Waals surface area contributed by atoms with Crippen LogP contribution in [0.5, 0.6) is 0 Å². The highest BCUT2D eigenvalue weighted by Gasteiger charge is 2.20. The smallest absolute Gasteiger partial charge is 0.147 e. The molecule has 0 spiro atoms. The third-order valence-electron chi connectivity index (χ3n) is 2.63. The zero-order valence-corrected chi connectivity index (χ0v) is 10.9. The Bertz CT molecular complexity index is 362. The average Bonchev–Trinajstić information content (AvgIpc) is 2.79. The fourth-order valence-corrected chi connectivity index (χ4v) is 2.85. The Morgan fingerprint density at radius 2 is 2.12 bits per heavy atom. The molecule has 0 N–H and O–H groups in total. The Labute approximate surface area is 107 Å². The third-order valence-corrected chi connectivity index (χ3v) is 3.80. The normalized spacial score (nSPS) is 19.4. The van der Waals surface area contributed by atoms with Gasteiger partial charge in [0.25, 0.3) is 0 Å². The Hall–Kier alpha value is -0.770. The second kappa shape index (κ2) is 6.84. The van der Waals surface area contributed by atoms with Crippen molar-refractivity contribution >= 4 is 11.8 Å². The summed E-state index contributed by atoms with van der Waals surface area (Å²) in [6.45, 7) is 3.08. The van der Waals surface area contributed by atoms with Gasteiger partial charge in [0.15, 0.2) is 0 Å². The molecule has 17 heavy (non-hydrogen) atoms. The van der Waals surface area contributed by atoms with Crippen LogP contribution in [0.15, 0.2) is 46.2 Å². The SMILES string of the molecule is CCOCOC1CCC=C1Sc1ccccc1. The van der Waals surface area contributed by atoms with Crippen LogP contribution in [0.1, 0.15) is 19.8 Å². The fourth-order valence-electron chi connectivity index (χ4n) is 1.76. The van der Waals surface area contributed by atoms with Crippen LogP contribution in [0.4, 0.5) is 0 Å². The lowest BCUT2D eigenvalue weighted by Gasteiger charge is -2.15. The van der Waals surface area contributed by atoms with Crippen molar-refractivity contribution < 1.29 is 9.47 Å². The van der Waals surface area contributed by atoms with E-state index in [0.717, 1.165) is 12.8 Å². The van der Waals surface area contributed by atoms with E-state index in [0.29, 0.717) is 13.4 Å². The monoisotopic (exact) mass is 250 g/mol. The lowest BCUT2D eigenvalue weighted by molar-refractivity contribution is -0.0720. The van der Waals surface area contributed by atoms with Crippen LogP contribution >= 0.6 is 11.8 Å². The summed E-state index contributed by atoms with van der Waals surface area (Å²) in [7, 11) is 0. The molecule has 0 aromatic heterocycles. The lowest BCUT2D eigenvalue weighted by atomic mass is 10.3. The molecule has 0 radical (unpaired) electrons. The minimum absolute atomic E-state index is 0.215. The molecule has 1 aromatic carbocycles. The largest absolute Gasteiger partial charge is 0.356 e. The molecule has 92 valence electrons. The van der Waals surface area contributed by atoms with Gasteiger partial charge in [-0.25, -0.2) is 0 Å². The maximum Gasteiger partial charge on any atom is 0.147 e. The molecule has 2 rings (SSSR count). The van der Waals surface area contributed by atoms with Gasteiger partial charge in [0.2, 0.25) is 0 Å². The van der Waals surface area contributed by atoms with E-state index in [2.05, 4.69) is 30.3 Å². The average molecular weight is 250 g/mol. The van der Waals surface area contributed by atoms with E-state index in [1.165, 1.54) is 9.80 Å². The topological polar surface area (TPSA) is 18.5 Å². The standard InChI is InChI=1S/C14H18O2S/c1-2-15-11-16-13-9-6-10-14(13)17-12-7-4-3-5-8-12/h3-5,7-8,10,13H,2,6,9,11H2,1H3. The Morgan fingerprint density at radius 3 is 2.88 bits per heavy atom. The highest BCUT2D eigenvalue weighted by Crippen LogP contribution is 2.36. The predicted molar refractivity (Wildman–Crippen MR) is 71.0 cm³/mol. The van der Waals surface area contributed by atoms with Gasteiger partial charge in [0.1, 0.15) is 6.79 Å². The van der Waals surface area contributed by atoms with Crippen molar-refractivity contribution in [3.8, 4) is 0 Å². The minimum Gasteiger partial charge on any atom is -0.356 e. The van der Waals surface area contributed by atoms with E-state index in [9.17, 15) is 0 Å². The molecule has 3 heteroatoms. The minimum atomic E-state index is 0.215. The van der Waals surface area contributed by atoms with E-state index in [-0.39, 0.29) is 6.10 Å². The molecule has 1 aromatic rings. The van der Waals surface area contributed by atoms with Crippen LogP contribution in [0.25, 0.3) is 0 Å². The molecular weight excluding hydrogens is 232 g/mol. The first-order chi connectivity index (χ1) is 8.40. The van der Waals surface area contributed by atoms with Gasteiger partial charge in [0, 0.05) is 16.4 Å². The summed E-state index contributed by atoms with van der Waals surface area (Å²) in [6, 6.07) is 10.4. The molecule has 0 saturated heterocycles. The van der Waals surface area contributed by atoms with Crippen LogP contribution < -0.4 is 0 Å². The summed E-state index contributed by atoms with van der Waals surface area (Å²) in [5.74, 6) is 0. The van der Waals surface area contributed by atoms with Crippen molar-refractivity contribution in [2.24, 2.45) is 0 Å². The molecule has 0 amide bonds. The van der Waals surface area contributed by atoms with E-state index in [1.807, 2.05) is 13.0 Å². The summed E-state index contributed by atoms with van der Waals surface area (Å²) < 4.78 is 11.0. The number of hydrogen-bond acceptors (Lipinski definition) is 3. The van der Waals surface area contributed by atoms with E-state index >= 15 is 0 Å². The first kappa shape index (κ1) is 12.7. The van der Waals surface area contributed by atoms with Gasteiger partial charge in [-0.15, -0.1) is 0 Å². The number of hydrogen-bond donors (Lipinski definition) is 0. The Kier molecular flexibility index (Phi) is 5.10. The lowest BCUT2D eigenvalue weighted by Crippen LogP contribution is -2.13. The molecular formula is C14H18O2S. The third kappa shape index (κ3) is 3.87. The van der Waals surface area contributed by atoms with Crippen molar-refractivity contribution in [2.75, 3.05) is 13.4 Å². The van der Waals surface area contributed by atoms with Gasteiger partial charge in [0.05, 0.1) is 6.10 Å². The first-order valence-corrected chi connectivity index (χ1v) is 6.84. The highest BCUT2D eigenvalue weighted by molar-refractivity contribution is 8.03. The van der Waals surface area contributed by atoms with Crippen LogP contribution in [0.2, 0.25) is 0 Å². The molecule has 1 aliphatic carbocycles. The van der Waals surface area contributed by atoms with Crippen molar-refractivity contribution in [1.82, 2.24) is 0 Å². The van der Waals surface area contributed by atoms with Crippen molar-refractivity contribution in [3.63, 3.8) is 0 Å². The van der Waals surface area contributed by atoms with Crippen LogP contribution in [-0.2, 0) is 9.47 Å².